The van der Waals surface area contributed by atoms with Gasteiger partial charge in [-0.2, -0.15) is 4.31 Å². The number of ether oxygens (including phenoxy) is 1. The van der Waals surface area contributed by atoms with Crippen LogP contribution in [0.4, 0.5) is 4.79 Å². The average molecular weight is 496 g/mol. The average Bonchev–Trinajstić information content (AvgIpc) is 3.39. The number of benzene rings is 1. The molecule has 9 nitrogen and oxygen atoms in total. The Kier molecular flexibility index (Phi) is 7.72. The summed E-state index contributed by atoms with van der Waals surface area (Å²) in [6, 6.07) is 10.1. The molecule has 1 aliphatic heterocycles. The molecule has 1 aromatic heterocycles. The van der Waals surface area contributed by atoms with E-state index >= 15 is 0 Å². The second-order valence-electron chi connectivity index (χ2n) is 6.65. The summed E-state index contributed by atoms with van der Waals surface area (Å²) < 4.78 is 30.9. The standard InChI is InChI=1S/C20H21N3O6S3/c1-22(32(27,28)18-4-3-11-30-18)13-17(24)21-9-10-23-19(25)16(31-20(23)26)12-14-5-7-15(29-2)8-6-14/h3-8,11-12H,9-10,13H2,1-2H3,(H,21,24). The second kappa shape index (κ2) is 10.3. The summed E-state index contributed by atoms with van der Waals surface area (Å²) in [5.74, 6) is -0.296. The number of likely N-dealkylation sites (N-methyl/N-ethyl adjacent to an activating group) is 1. The Morgan fingerprint density at radius 2 is 1.94 bits per heavy atom. The molecule has 1 fully saturated rings. The van der Waals surface area contributed by atoms with Crippen molar-refractivity contribution in [2.45, 2.75) is 4.21 Å². The van der Waals surface area contributed by atoms with E-state index in [4.69, 9.17) is 4.74 Å². The maximum atomic E-state index is 12.6. The van der Waals surface area contributed by atoms with Gasteiger partial charge in [-0.15, -0.1) is 11.3 Å². The number of carbonyl (C=O) groups is 3. The lowest BCUT2D eigenvalue weighted by Crippen LogP contribution is -2.42. The van der Waals surface area contributed by atoms with Crippen LogP contribution in [0.25, 0.3) is 6.08 Å². The van der Waals surface area contributed by atoms with Crippen molar-refractivity contribution in [1.29, 1.82) is 0 Å². The Hall–Kier alpha value is -2.67. The van der Waals surface area contributed by atoms with Crippen molar-refractivity contribution in [3.63, 3.8) is 0 Å². The predicted molar refractivity (Wildman–Crippen MR) is 123 cm³/mol. The molecule has 12 heteroatoms. The van der Waals surface area contributed by atoms with E-state index in [1.54, 1.807) is 48.9 Å². The Morgan fingerprint density at radius 3 is 2.56 bits per heavy atom. The quantitative estimate of drug-likeness (QED) is 0.531. The number of thioether (sulfide) groups is 1. The molecule has 0 aliphatic carbocycles. The lowest BCUT2D eigenvalue weighted by Gasteiger charge is -2.17. The third-order valence-electron chi connectivity index (χ3n) is 4.47. The fraction of sp³-hybridized carbons (Fsp3) is 0.250. The van der Waals surface area contributed by atoms with Crippen LogP contribution >= 0.6 is 23.1 Å². The zero-order valence-electron chi connectivity index (χ0n) is 17.3. The first kappa shape index (κ1) is 24.0. The van der Waals surface area contributed by atoms with E-state index in [1.807, 2.05) is 0 Å². The van der Waals surface area contributed by atoms with Crippen LogP contribution in [0.2, 0.25) is 0 Å². The van der Waals surface area contributed by atoms with Crippen LogP contribution < -0.4 is 10.1 Å². The van der Waals surface area contributed by atoms with E-state index in [1.165, 1.54) is 13.1 Å². The number of hydrogen-bond donors (Lipinski definition) is 1. The van der Waals surface area contributed by atoms with Gasteiger partial charge in [0.25, 0.3) is 21.2 Å². The van der Waals surface area contributed by atoms with E-state index in [-0.39, 0.29) is 28.7 Å². The van der Waals surface area contributed by atoms with Crippen LogP contribution in [0.1, 0.15) is 5.56 Å². The normalized spacial score (nSPS) is 15.6. The molecular formula is C20H21N3O6S3. The summed E-state index contributed by atoms with van der Waals surface area (Å²) in [5.41, 5.74) is 0.750. The maximum absolute atomic E-state index is 12.6. The van der Waals surface area contributed by atoms with Crippen molar-refractivity contribution in [3.05, 3.63) is 52.2 Å². The van der Waals surface area contributed by atoms with Crippen LogP contribution in [0.5, 0.6) is 5.75 Å². The third-order valence-corrected chi connectivity index (χ3v) is 8.55. The maximum Gasteiger partial charge on any atom is 0.293 e. The van der Waals surface area contributed by atoms with E-state index in [0.29, 0.717) is 5.75 Å². The summed E-state index contributed by atoms with van der Waals surface area (Å²) in [6.07, 6.45) is 1.62. The second-order valence-corrected chi connectivity index (χ2v) is 10.9. The molecule has 0 spiro atoms. The Balaban J connectivity index is 1.52. The van der Waals surface area contributed by atoms with Crippen molar-refractivity contribution in [3.8, 4) is 5.75 Å². The number of carbonyl (C=O) groups excluding carboxylic acids is 3. The lowest BCUT2D eigenvalue weighted by molar-refractivity contribution is -0.124. The minimum atomic E-state index is -3.74. The largest absolute Gasteiger partial charge is 0.497 e. The Morgan fingerprint density at radius 1 is 1.22 bits per heavy atom. The fourth-order valence-corrected chi connectivity index (χ4v) is 5.95. The molecule has 0 unspecified atom stereocenters. The van der Waals surface area contributed by atoms with E-state index in [9.17, 15) is 22.8 Å². The lowest BCUT2D eigenvalue weighted by atomic mass is 10.2. The number of methoxy groups -OCH3 is 1. The first-order valence-electron chi connectivity index (χ1n) is 9.38. The first-order chi connectivity index (χ1) is 15.2. The molecule has 1 N–H and O–H groups in total. The number of imide groups is 1. The zero-order chi connectivity index (χ0) is 23.3. The minimum Gasteiger partial charge on any atom is -0.497 e. The Bertz CT molecular complexity index is 1130. The van der Waals surface area contributed by atoms with Crippen LogP contribution in [0, 0.1) is 0 Å². The number of rotatable bonds is 9. The summed E-state index contributed by atoms with van der Waals surface area (Å²) in [4.78, 5) is 38.2. The van der Waals surface area contributed by atoms with Gasteiger partial charge in [0.2, 0.25) is 5.91 Å². The summed E-state index contributed by atoms with van der Waals surface area (Å²) in [5, 5.41) is 3.76. The van der Waals surface area contributed by atoms with Gasteiger partial charge in [-0.25, -0.2) is 8.42 Å². The van der Waals surface area contributed by atoms with Crippen LogP contribution in [0.3, 0.4) is 0 Å². The smallest absolute Gasteiger partial charge is 0.293 e. The summed E-state index contributed by atoms with van der Waals surface area (Å²) in [6.45, 7) is -0.378. The number of nitrogens with one attached hydrogen (secondary N) is 1. The Labute approximate surface area is 194 Å². The van der Waals surface area contributed by atoms with Crippen molar-refractivity contribution >= 4 is 56.3 Å². The van der Waals surface area contributed by atoms with E-state index < -0.39 is 27.1 Å². The number of amides is 3. The highest BCUT2D eigenvalue weighted by molar-refractivity contribution is 8.18. The van der Waals surface area contributed by atoms with Gasteiger partial charge in [0.05, 0.1) is 18.6 Å². The molecule has 1 aliphatic rings. The topological polar surface area (TPSA) is 113 Å². The summed E-state index contributed by atoms with van der Waals surface area (Å²) >= 11 is 1.89. The highest BCUT2D eigenvalue weighted by Crippen LogP contribution is 2.32. The molecule has 32 heavy (non-hydrogen) atoms. The predicted octanol–water partition coefficient (Wildman–Crippen LogP) is 2.23. The molecule has 1 saturated heterocycles. The first-order valence-corrected chi connectivity index (χ1v) is 12.5. The molecule has 2 aromatic rings. The number of sulfonamides is 1. The van der Waals surface area contributed by atoms with Crippen molar-refractivity contribution in [1.82, 2.24) is 14.5 Å². The monoisotopic (exact) mass is 495 g/mol. The van der Waals surface area contributed by atoms with Crippen molar-refractivity contribution in [2.75, 3.05) is 33.8 Å². The number of nitrogens with zero attached hydrogens (tertiary/aromatic N) is 2. The third kappa shape index (κ3) is 5.57. The molecule has 1 aromatic carbocycles. The van der Waals surface area contributed by atoms with Gasteiger partial charge in [0, 0.05) is 20.1 Å². The minimum absolute atomic E-state index is 0.0135. The van der Waals surface area contributed by atoms with Crippen LogP contribution in [0.15, 0.2) is 50.9 Å². The van der Waals surface area contributed by atoms with Gasteiger partial charge >= 0.3 is 0 Å². The molecular weight excluding hydrogens is 474 g/mol. The van der Waals surface area contributed by atoms with Gasteiger partial charge in [-0.05, 0) is 47.0 Å². The van der Waals surface area contributed by atoms with Gasteiger partial charge in [-0.1, -0.05) is 18.2 Å². The summed E-state index contributed by atoms with van der Waals surface area (Å²) in [7, 11) is -0.867. The van der Waals surface area contributed by atoms with Gasteiger partial charge in [0.15, 0.2) is 0 Å². The highest BCUT2D eigenvalue weighted by Gasteiger charge is 2.34. The molecule has 2 heterocycles. The van der Waals surface area contributed by atoms with E-state index in [0.717, 1.165) is 37.9 Å². The molecule has 0 bridgehead atoms. The number of hydrogen-bond acceptors (Lipinski definition) is 8. The highest BCUT2D eigenvalue weighted by atomic mass is 32.2. The van der Waals surface area contributed by atoms with Crippen molar-refractivity contribution < 1.29 is 27.5 Å². The molecule has 0 saturated carbocycles. The zero-order valence-corrected chi connectivity index (χ0v) is 19.8. The van der Waals surface area contributed by atoms with E-state index in [2.05, 4.69) is 5.32 Å². The molecule has 0 atom stereocenters. The molecule has 170 valence electrons. The van der Waals surface area contributed by atoms with Crippen LogP contribution in [-0.2, 0) is 19.6 Å². The fourth-order valence-electron chi connectivity index (χ4n) is 2.76. The molecule has 0 radical (unpaired) electrons. The number of thiophene rings is 1. The molecule has 3 amide bonds. The van der Waals surface area contributed by atoms with Gasteiger partial charge < -0.3 is 10.1 Å². The van der Waals surface area contributed by atoms with Crippen molar-refractivity contribution in [2.24, 2.45) is 0 Å². The van der Waals surface area contributed by atoms with Gasteiger partial charge in [0.1, 0.15) is 9.96 Å². The molecule has 3 rings (SSSR count). The SMILES string of the molecule is COc1ccc(C=C2SC(=O)N(CCNC(=O)CN(C)S(=O)(=O)c3cccs3)C2=O)cc1. The van der Waals surface area contributed by atoms with Crippen LogP contribution in [-0.4, -0.2) is 68.5 Å². The van der Waals surface area contributed by atoms with Gasteiger partial charge in [-0.3, -0.25) is 19.3 Å².